The van der Waals surface area contributed by atoms with Crippen molar-refractivity contribution in [3.63, 3.8) is 0 Å². The zero-order valence-corrected chi connectivity index (χ0v) is 13.0. The van der Waals surface area contributed by atoms with Gasteiger partial charge in [-0.25, -0.2) is 0 Å². The second-order valence-electron chi connectivity index (χ2n) is 6.53. The van der Waals surface area contributed by atoms with Crippen LogP contribution in [0.1, 0.15) is 47.5 Å². The Labute approximate surface area is 110 Å². The van der Waals surface area contributed by atoms with Crippen molar-refractivity contribution in [2.24, 2.45) is 11.7 Å². The van der Waals surface area contributed by atoms with Crippen LogP contribution in [0.25, 0.3) is 0 Å². The second kappa shape index (κ2) is 5.22. The molecule has 4 N–H and O–H groups in total. The summed E-state index contributed by atoms with van der Waals surface area (Å²) in [6.45, 7) is 10.3. The maximum Gasteiger partial charge on any atom is 0.344 e. The average Bonchev–Trinajstić information content (AvgIpc) is 2.11. The molecule has 2 unspecified atom stereocenters. The van der Waals surface area contributed by atoms with Crippen LogP contribution in [0.3, 0.4) is 0 Å². The topological polar surface area (TPSA) is 84.6 Å². The van der Waals surface area contributed by atoms with Gasteiger partial charge in [0.15, 0.2) is 0 Å². The maximum absolute atomic E-state index is 12.0. The predicted molar refractivity (Wildman–Crippen MR) is 73.4 cm³/mol. The summed E-state index contributed by atoms with van der Waals surface area (Å²) < 4.78 is 17.0. The highest BCUT2D eigenvalue weighted by atomic mass is 31.2. The van der Waals surface area contributed by atoms with Gasteiger partial charge in [-0.2, -0.15) is 0 Å². The average molecular weight is 278 g/mol. The Kier molecular flexibility index (Phi) is 4.67. The summed E-state index contributed by atoms with van der Waals surface area (Å²) in [6, 6.07) is 0. The van der Waals surface area contributed by atoms with Crippen LogP contribution < -0.4 is 11.1 Å². The van der Waals surface area contributed by atoms with Gasteiger partial charge in [0, 0.05) is 11.1 Å². The van der Waals surface area contributed by atoms with Gasteiger partial charge in [-0.3, -0.25) is 4.57 Å². The third-order valence-corrected chi connectivity index (χ3v) is 5.20. The number of piperidine rings is 1. The fourth-order valence-corrected chi connectivity index (χ4v) is 4.47. The lowest BCUT2D eigenvalue weighted by Crippen LogP contribution is -2.60. The Bertz CT molecular complexity index is 328. The summed E-state index contributed by atoms with van der Waals surface area (Å²) in [7, 11) is -3.71. The van der Waals surface area contributed by atoms with Gasteiger partial charge in [0.2, 0.25) is 0 Å². The van der Waals surface area contributed by atoms with Gasteiger partial charge in [-0.15, -0.1) is 0 Å². The lowest BCUT2D eigenvalue weighted by atomic mass is 9.76. The van der Waals surface area contributed by atoms with Crippen molar-refractivity contribution in [3.05, 3.63) is 0 Å². The summed E-state index contributed by atoms with van der Waals surface area (Å²) in [4.78, 5) is 9.86. The van der Waals surface area contributed by atoms with Gasteiger partial charge < -0.3 is 20.5 Å². The highest BCUT2D eigenvalue weighted by Gasteiger charge is 2.45. The molecule has 1 rings (SSSR count). The second-order valence-corrected chi connectivity index (χ2v) is 8.52. The molecule has 0 aliphatic carbocycles. The van der Waals surface area contributed by atoms with Crippen LogP contribution in [0.4, 0.5) is 0 Å². The van der Waals surface area contributed by atoms with Crippen molar-refractivity contribution in [2.45, 2.75) is 64.3 Å². The van der Waals surface area contributed by atoms with E-state index < -0.39 is 13.4 Å². The van der Waals surface area contributed by atoms with Crippen LogP contribution in [0.15, 0.2) is 0 Å². The van der Waals surface area contributed by atoms with E-state index in [4.69, 9.17) is 10.3 Å². The Morgan fingerprint density at radius 2 is 1.83 bits per heavy atom. The van der Waals surface area contributed by atoms with Crippen molar-refractivity contribution in [1.29, 1.82) is 0 Å². The molecule has 0 aromatic rings. The van der Waals surface area contributed by atoms with Crippen LogP contribution in [-0.2, 0) is 9.09 Å². The summed E-state index contributed by atoms with van der Waals surface area (Å²) >= 11 is 0. The molecule has 1 aliphatic rings. The van der Waals surface area contributed by atoms with Gasteiger partial charge >= 0.3 is 7.60 Å². The number of nitrogens with one attached hydrogen (secondary N) is 1. The quantitative estimate of drug-likeness (QED) is 0.685. The first-order valence-electron chi connectivity index (χ1n) is 6.51. The van der Waals surface area contributed by atoms with E-state index in [1.54, 1.807) is 6.92 Å². The Balaban J connectivity index is 2.86. The van der Waals surface area contributed by atoms with E-state index in [9.17, 15) is 9.46 Å². The molecule has 0 amide bonds. The van der Waals surface area contributed by atoms with E-state index in [0.717, 1.165) is 12.8 Å². The normalized spacial score (nSPS) is 28.6. The minimum Gasteiger partial charge on any atom is -0.323 e. The van der Waals surface area contributed by atoms with Crippen LogP contribution in [0.2, 0.25) is 0 Å². The Hall–Kier alpha value is 0.0700. The van der Waals surface area contributed by atoms with E-state index in [1.807, 2.05) is 0 Å². The zero-order valence-electron chi connectivity index (χ0n) is 12.1. The first-order valence-corrected chi connectivity index (χ1v) is 8.16. The minimum absolute atomic E-state index is 0.0152. The van der Waals surface area contributed by atoms with E-state index in [1.165, 1.54) is 0 Å². The van der Waals surface area contributed by atoms with Crippen molar-refractivity contribution in [2.75, 3.05) is 6.61 Å². The number of rotatable bonds is 4. The van der Waals surface area contributed by atoms with Gasteiger partial charge in [0.25, 0.3) is 0 Å². The molecular formula is C12H27N2O3P. The van der Waals surface area contributed by atoms with E-state index in [2.05, 4.69) is 33.0 Å². The molecule has 1 heterocycles. The monoisotopic (exact) mass is 278 g/mol. The minimum atomic E-state index is -3.71. The van der Waals surface area contributed by atoms with Crippen LogP contribution in [0.5, 0.6) is 0 Å². The lowest BCUT2D eigenvalue weighted by molar-refractivity contribution is 0.118. The fraction of sp³-hybridized carbons (Fsp3) is 1.00. The van der Waals surface area contributed by atoms with E-state index >= 15 is 0 Å². The summed E-state index contributed by atoms with van der Waals surface area (Å²) in [6.07, 6.45) is 1.55. The van der Waals surface area contributed by atoms with Gasteiger partial charge in [0.1, 0.15) is 5.78 Å². The molecule has 0 bridgehead atoms. The first-order chi connectivity index (χ1) is 7.99. The highest BCUT2D eigenvalue weighted by molar-refractivity contribution is 7.53. The number of hydrogen-bond acceptors (Lipinski definition) is 4. The highest BCUT2D eigenvalue weighted by Crippen LogP contribution is 2.51. The number of hydrogen-bond donors (Lipinski definition) is 3. The molecule has 0 saturated carbocycles. The van der Waals surface area contributed by atoms with Gasteiger partial charge in [-0.05, 0) is 53.4 Å². The molecule has 18 heavy (non-hydrogen) atoms. The molecule has 5 nitrogen and oxygen atoms in total. The van der Waals surface area contributed by atoms with Crippen molar-refractivity contribution in [1.82, 2.24) is 5.32 Å². The van der Waals surface area contributed by atoms with Crippen molar-refractivity contribution in [3.8, 4) is 0 Å². The Morgan fingerprint density at radius 1 is 1.39 bits per heavy atom. The predicted octanol–water partition coefficient (Wildman–Crippen LogP) is 2.05. The molecule has 2 atom stereocenters. The lowest BCUT2D eigenvalue weighted by Gasteiger charge is -2.48. The van der Waals surface area contributed by atoms with Crippen LogP contribution in [-0.4, -0.2) is 28.4 Å². The summed E-state index contributed by atoms with van der Waals surface area (Å²) in [5.41, 5.74) is 5.81. The third kappa shape index (κ3) is 4.04. The molecule has 0 radical (unpaired) electrons. The van der Waals surface area contributed by atoms with E-state index in [0.29, 0.717) is 0 Å². The first kappa shape index (κ1) is 16.1. The van der Waals surface area contributed by atoms with Crippen LogP contribution >= 0.6 is 7.60 Å². The standard InChI is InChI=1S/C12H27N2O3P/c1-6-17-18(15,16)10(13)9-7-11(2,3)14-12(4,5)8-9/h9-10,14H,6-8,13H2,1-5H3,(H,15,16). The molecule has 108 valence electrons. The molecule has 6 heteroatoms. The fourth-order valence-electron chi connectivity index (χ4n) is 3.18. The molecule has 1 saturated heterocycles. The molecule has 1 aliphatic heterocycles. The smallest absolute Gasteiger partial charge is 0.323 e. The molecular weight excluding hydrogens is 251 g/mol. The molecule has 0 spiro atoms. The Morgan fingerprint density at radius 3 is 2.22 bits per heavy atom. The molecule has 0 aromatic heterocycles. The molecule has 0 aromatic carbocycles. The van der Waals surface area contributed by atoms with Crippen molar-refractivity contribution < 1.29 is 14.0 Å². The maximum atomic E-state index is 12.0. The SMILES string of the molecule is CCOP(=O)(O)C(N)C1CC(C)(C)NC(C)(C)C1. The van der Waals surface area contributed by atoms with Gasteiger partial charge in [-0.1, -0.05) is 0 Å². The third-order valence-electron chi connectivity index (χ3n) is 3.40. The molecule has 1 fully saturated rings. The van der Waals surface area contributed by atoms with Crippen molar-refractivity contribution >= 4 is 7.60 Å². The van der Waals surface area contributed by atoms with Crippen LogP contribution in [0, 0.1) is 5.92 Å². The number of nitrogens with two attached hydrogens (primary N) is 1. The van der Waals surface area contributed by atoms with Gasteiger partial charge in [0.05, 0.1) is 6.61 Å². The zero-order chi connectivity index (χ0) is 14.2. The largest absolute Gasteiger partial charge is 0.344 e. The van der Waals surface area contributed by atoms with E-state index in [-0.39, 0.29) is 23.6 Å². The summed E-state index contributed by atoms with van der Waals surface area (Å²) in [5, 5.41) is 3.53. The summed E-state index contributed by atoms with van der Waals surface area (Å²) in [5.74, 6) is -0.822.